The van der Waals surface area contributed by atoms with Crippen molar-refractivity contribution in [1.29, 1.82) is 0 Å². The lowest BCUT2D eigenvalue weighted by atomic mass is 10.2. The standard InChI is InChI=1S/C14H19FN2O3S/c1-17(2)9-8-16-21(19,20)13-7-6-12(14(15)11-13)5-3-4-10-18/h6-7,11,16,18H,4,8-10H2,1-2H3. The molecule has 0 spiro atoms. The summed E-state index contributed by atoms with van der Waals surface area (Å²) in [6.45, 7) is 0.693. The molecule has 0 aromatic heterocycles. The summed E-state index contributed by atoms with van der Waals surface area (Å²) in [4.78, 5) is 1.70. The van der Waals surface area contributed by atoms with E-state index in [4.69, 9.17) is 5.11 Å². The summed E-state index contributed by atoms with van der Waals surface area (Å²) in [7, 11) is -0.0708. The Morgan fingerprint density at radius 1 is 1.38 bits per heavy atom. The number of aliphatic hydroxyl groups excluding tert-OH is 1. The van der Waals surface area contributed by atoms with Crippen molar-refractivity contribution in [2.75, 3.05) is 33.8 Å². The predicted octanol–water partition coefficient (Wildman–Crippen LogP) is 0.400. The van der Waals surface area contributed by atoms with E-state index in [0.717, 1.165) is 6.07 Å². The topological polar surface area (TPSA) is 69.6 Å². The van der Waals surface area contributed by atoms with Gasteiger partial charge >= 0.3 is 0 Å². The van der Waals surface area contributed by atoms with Crippen molar-refractivity contribution >= 4 is 10.0 Å². The minimum atomic E-state index is -3.73. The molecule has 1 aromatic carbocycles. The molecule has 0 aliphatic rings. The molecule has 2 N–H and O–H groups in total. The van der Waals surface area contributed by atoms with Gasteiger partial charge in [0.05, 0.1) is 17.1 Å². The molecule has 0 saturated carbocycles. The van der Waals surface area contributed by atoms with Crippen molar-refractivity contribution in [3.05, 3.63) is 29.6 Å². The van der Waals surface area contributed by atoms with Gasteiger partial charge in [0.25, 0.3) is 0 Å². The fourth-order valence-corrected chi connectivity index (χ4v) is 2.50. The van der Waals surface area contributed by atoms with Crippen molar-refractivity contribution in [3.63, 3.8) is 0 Å². The number of hydrogen-bond acceptors (Lipinski definition) is 4. The number of nitrogens with zero attached hydrogens (tertiary/aromatic N) is 1. The van der Waals surface area contributed by atoms with Gasteiger partial charge in [0.1, 0.15) is 5.82 Å². The molecule has 1 rings (SSSR count). The number of nitrogens with one attached hydrogen (secondary N) is 1. The first-order valence-electron chi connectivity index (χ1n) is 6.40. The van der Waals surface area contributed by atoms with E-state index in [1.807, 2.05) is 19.0 Å². The van der Waals surface area contributed by atoms with Crippen LogP contribution < -0.4 is 4.72 Å². The van der Waals surface area contributed by atoms with Gasteiger partial charge in [-0.3, -0.25) is 0 Å². The number of aliphatic hydroxyl groups is 1. The highest BCUT2D eigenvalue weighted by molar-refractivity contribution is 7.89. The highest BCUT2D eigenvalue weighted by atomic mass is 32.2. The highest BCUT2D eigenvalue weighted by Gasteiger charge is 2.15. The first kappa shape index (κ1) is 17.6. The molecule has 0 radical (unpaired) electrons. The lowest BCUT2D eigenvalue weighted by Crippen LogP contribution is -2.31. The quantitative estimate of drug-likeness (QED) is 0.746. The average molecular weight is 314 g/mol. The van der Waals surface area contributed by atoms with Crippen LogP contribution in [0.2, 0.25) is 0 Å². The van der Waals surface area contributed by atoms with Crippen molar-refractivity contribution in [1.82, 2.24) is 9.62 Å². The van der Waals surface area contributed by atoms with Crippen LogP contribution in [0.15, 0.2) is 23.1 Å². The monoisotopic (exact) mass is 314 g/mol. The Kier molecular flexibility index (Phi) is 6.78. The zero-order valence-electron chi connectivity index (χ0n) is 12.1. The Morgan fingerprint density at radius 2 is 2.10 bits per heavy atom. The average Bonchev–Trinajstić information content (AvgIpc) is 2.40. The molecule has 0 aliphatic carbocycles. The molecule has 5 nitrogen and oxygen atoms in total. The summed E-state index contributed by atoms with van der Waals surface area (Å²) in [6, 6.07) is 3.57. The molecule has 0 unspecified atom stereocenters. The van der Waals surface area contributed by atoms with E-state index < -0.39 is 15.8 Å². The highest BCUT2D eigenvalue weighted by Crippen LogP contribution is 2.14. The zero-order chi connectivity index (χ0) is 15.9. The Morgan fingerprint density at radius 3 is 2.67 bits per heavy atom. The fraction of sp³-hybridized carbons (Fsp3) is 0.429. The summed E-state index contributed by atoms with van der Waals surface area (Å²) in [5, 5.41) is 8.60. The van der Waals surface area contributed by atoms with E-state index in [0.29, 0.717) is 6.54 Å². The van der Waals surface area contributed by atoms with Crippen LogP contribution in [-0.4, -0.2) is 52.2 Å². The van der Waals surface area contributed by atoms with Crippen LogP contribution in [0.5, 0.6) is 0 Å². The summed E-state index contributed by atoms with van der Waals surface area (Å²) < 4.78 is 40.1. The Bertz CT molecular complexity index is 633. The second kappa shape index (κ2) is 8.10. The first-order valence-corrected chi connectivity index (χ1v) is 7.89. The molecule has 116 valence electrons. The third-order valence-electron chi connectivity index (χ3n) is 2.56. The Hall–Kier alpha value is -1.46. The van der Waals surface area contributed by atoms with Crippen LogP contribution >= 0.6 is 0 Å². The molecule has 0 aliphatic heterocycles. The van der Waals surface area contributed by atoms with Gasteiger partial charge in [-0.2, -0.15) is 0 Å². The van der Waals surface area contributed by atoms with Crippen molar-refractivity contribution < 1.29 is 17.9 Å². The minimum Gasteiger partial charge on any atom is -0.395 e. The van der Waals surface area contributed by atoms with Crippen LogP contribution in [-0.2, 0) is 10.0 Å². The molecule has 1 aromatic rings. The Balaban J connectivity index is 2.85. The number of benzene rings is 1. The molecular formula is C14H19FN2O3S. The summed E-state index contributed by atoms with van der Waals surface area (Å²) >= 11 is 0. The third kappa shape index (κ3) is 5.81. The number of hydrogen-bond donors (Lipinski definition) is 2. The van der Waals surface area contributed by atoms with Gasteiger partial charge in [-0.25, -0.2) is 17.5 Å². The van der Waals surface area contributed by atoms with E-state index in [9.17, 15) is 12.8 Å². The van der Waals surface area contributed by atoms with Gasteiger partial charge in [-0.1, -0.05) is 11.8 Å². The lowest BCUT2D eigenvalue weighted by Gasteiger charge is -2.11. The summed E-state index contributed by atoms with van der Waals surface area (Å²) in [6.07, 6.45) is 0.242. The molecule has 0 amide bonds. The zero-order valence-corrected chi connectivity index (χ0v) is 12.9. The van der Waals surface area contributed by atoms with E-state index >= 15 is 0 Å². The number of rotatable bonds is 6. The smallest absolute Gasteiger partial charge is 0.240 e. The van der Waals surface area contributed by atoms with Gasteiger partial charge in [0.15, 0.2) is 0 Å². The largest absolute Gasteiger partial charge is 0.395 e. The SMILES string of the molecule is CN(C)CCNS(=O)(=O)c1ccc(C#CCCO)c(F)c1. The summed E-state index contributed by atoms with van der Waals surface area (Å²) in [5.41, 5.74) is 0.107. The maximum atomic E-state index is 13.8. The molecule has 0 saturated heterocycles. The van der Waals surface area contributed by atoms with Crippen LogP contribution in [0.3, 0.4) is 0 Å². The van der Waals surface area contributed by atoms with Gasteiger partial charge in [-0.05, 0) is 32.3 Å². The van der Waals surface area contributed by atoms with Crippen molar-refractivity contribution in [2.24, 2.45) is 0 Å². The molecule has 0 fully saturated rings. The molecular weight excluding hydrogens is 295 g/mol. The maximum absolute atomic E-state index is 13.8. The summed E-state index contributed by atoms with van der Waals surface area (Å²) in [5.74, 6) is 4.43. The van der Waals surface area contributed by atoms with Crippen LogP contribution in [0, 0.1) is 17.7 Å². The van der Waals surface area contributed by atoms with E-state index in [2.05, 4.69) is 16.6 Å². The van der Waals surface area contributed by atoms with Gasteiger partial charge in [0, 0.05) is 19.5 Å². The van der Waals surface area contributed by atoms with Crippen LogP contribution in [0.4, 0.5) is 4.39 Å². The normalized spacial score (nSPS) is 11.3. The molecule has 0 bridgehead atoms. The fourth-order valence-electron chi connectivity index (χ4n) is 1.46. The molecule has 0 heterocycles. The number of sulfonamides is 1. The van der Waals surface area contributed by atoms with Crippen LogP contribution in [0.1, 0.15) is 12.0 Å². The molecule has 7 heteroatoms. The maximum Gasteiger partial charge on any atom is 0.240 e. The van der Waals surface area contributed by atoms with E-state index in [1.54, 1.807) is 0 Å². The molecule has 21 heavy (non-hydrogen) atoms. The second-order valence-electron chi connectivity index (χ2n) is 4.62. The Labute approximate surface area is 124 Å². The lowest BCUT2D eigenvalue weighted by molar-refractivity contribution is 0.305. The minimum absolute atomic E-state index is 0.100. The van der Waals surface area contributed by atoms with Crippen molar-refractivity contribution in [3.8, 4) is 11.8 Å². The number of likely N-dealkylation sites (N-methyl/N-ethyl adjacent to an activating group) is 1. The van der Waals surface area contributed by atoms with Gasteiger partial charge in [0.2, 0.25) is 10.0 Å². The second-order valence-corrected chi connectivity index (χ2v) is 6.39. The third-order valence-corrected chi connectivity index (χ3v) is 4.02. The van der Waals surface area contributed by atoms with E-state index in [-0.39, 0.29) is 30.0 Å². The van der Waals surface area contributed by atoms with E-state index in [1.165, 1.54) is 12.1 Å². The van der Waals surface area contributed by atoms with Gasteiger partial charge < -0.3 is 10.0 Å². The number of halogens is 1. The first-order chi connectivity index (χ1) is 9.86. The van der Waals surface area contributed by atoms with Gasteiger partial charge in [-0.15, -0.1) is 0 Å². The molecule has 0 atom stereocenters. The van der Waals surface area contributed by atoms with Crippen LogP contribution in [0.25, 0.3) is 0 Å². The van der Waals surface area contributed by atoms with Crippen molar-refractivity contribution in [2.45, 2.75) is 11.3 Å². The predicted molar refractivity (Wildman–Crippen MR) is 78.7 cm³/mol.